The zero-order valence-electron chi connectivity index (χ0n) is 6.29. The van der Waals surface area contributed by atoms with Crippen LogP contribution in [0.5, 0.6) is 0 Å². The van der Waals surface area contributed by atoms with Crippen molar-refractivity contribution in [1.29, 1.82) is 0 Å². The first-order chi connectivity index (χ1) is 5.59. The van der Waals surface area contributed by atoms with Crippen molar-refractivity contribution in [3.8, 4) is 0 Å². The molecule has 1 unspecified atom stereocenters. The maximum atomic E-state index is 12.0. The van der Waals surface area contributed by atoms with Crippen LogP contribution in [0.15, 0.2) is 0 Å². The summed E-state index contributed by atoms with van der Waals surface area (Å²) in [4.78, 5) is 3.67. The zero-order valence-corrected chi connectivity index (χ0v) is 7.11. The van der Waals surface area contributed by atoms with Gasteiger partial charge in [-0.15, -0.1) is 0 Å². The molecule has 68 valence electrons. The fourth-order valence-electron chi connectivity index (χ4n) is 0.551. The Balaban J connectivity index is 2.52. The van der Waals surface area contributed by atoms with Gasteiger partial charge in [0.15, 0.2) is 0 Å². The highest BCUT2D eigenvalue weighted by Crippen LogP contribution is 2.15. The number of hydrogen-bond donors (Lipinski definition) is 2. The van der Waals surface area contributed by atoms with E-state index < -0.39 is 12.5 Å². The smallest absolute Gasteiger partial charge is 0.258 e. The normalized spacial score (nSPS) is 13.3. The quantitative estimate of drug-likeness (QED) is 0.758. The van der Waals surface area contributed by atoms with Crippen LogP contribution in [-0.2, 0) is 0 Å². The Morgan fingerprint density at radius 2 is 2.25 bits per heavy atom. The van der Waals surface area contributed by atoms with Crippen molar-refractivity contribution in [1.82, 2.24) is 9.36 Å². The van der Waals surface area contributed by atoms with Crippen LogP contribution in [0.25, 0.3) is 0 Å². The molecule has 0 saturated heterocycles. The van der Waals surface area contributed by atoms with Crippen LogP contribution in [0, 0.1) is 0 Å². The van der Waals surface area contributed by atoms with E-state index in [0.29, 0.717) is 5.13 Å². The molecule has 1 atom stereocenters. The predicted molar refractivity (Wildman–Crippen MR) is 43.4 cm³/mol. The highest BCUT2D eigenvalue weighted by atomic mass is 32.1. The van der Waals surface area contributed by atoms with Gasteiger partial charge in [-0.05, 0) is 6.92 Å². The van der Waals surface area contributed by atoms with Gasteiger partial charge in [0.05, 0.1) is 6.04 Å². The minimum absolute atomic E-state index is 0.101. The van der Waals surface area contributed by atoms with Gasteiger partial charge in [0.25, 0.3) is 6.43 Å². The van der Waals surface area contributed by atoms with E-state index in [2.05, 4.69) is 14.7 Å². The summed E-state index contributed by atoms with van der Waals surface area (Å²) < 4.78 is 27.6. The number of nitrogens with two attached hydrogens (primary N) is 1. The summed E-state index contributed by atoms with van der Waals surface area (Å²) in [5.41, 5.74) is 5.19. The molecule has 3 N–H and O–H groups in total. The van der Waals surface area contributed by atoms with Gasteiger partial charge in [-0.25, -0.2) is 8.78 Å². The highest BCUT2D eigenvalue weighted by molar-refractivity contribution is 7.09. The number of nitrogens with one attached hydrogen (secondary N) is 1. The third kappa shape index (κ3) is 2.26. The average molecular weight is 194 g/mol. The molecular weight excluding hydrogens is 186 g/mol. The molecule has 1 aromatic rings. The molecule has 0 aliphatic rings. The summed E-state index contributed by atoms with van der Waals surface area (Å²) in [6, 6.07) is -0.933. The molecule has 12 heavy (non-hydrogen) atoms. The molecule has 0 aromatic carbocycles. The first-order valence-corrected chi connectivity index (χ1v) is 4.01. The largest absolute Gasteiger partial charge is 0.367 e. The molecule has 0 spiro atoms. The Hall–Kier alpha value is -0.980. The Kier molecular flexibility index (Phi) is 2.74. The van der Waals surface area contributed by atoms with Gasteiger partial charge in [0.2, 0.25) is 11.1 Å². The van der Waals surface area contributed by atoms with Crippen LogP contribution >= 0.6 is 11.5 Å². The molecule has 0 aliphatic carbocycles. The maximum absolute atomic E-state index is 12.0. The van der Waals surface area contributed by atoms with Gasteiger partial charge in [-0.1, -0.05) is 0 Å². The molecule has 0 amide bonds. The van der Waals surface area contributed by atoms with E-state index in [1.165, 1.54) is 6.92 Å². The Morgan fingerprint density at radius 1 is 1.58 bits per heavy atom. The number of halogens is 2. The van der Waals surface area contributed by atoms with Crippen molar-refractivity contribution in [2.75, 3.05) is 11.1 Å². The summed E-state index contributed by atoms with van der Waals surface area (Å²) >= 11 is 0.965. The first kappa shape index (κ1) is 9.11. The van der Waals surface area contributed by atoms with Gasteiger partial charge in [-0.2, -0.15) is 9.36 Å². The lowest BCUT2D eigenvalue weighted by Crippen LogP contribution is -2.23. The molecule has 4 nitrogen and oxygen atoms in total. The lowest BCUT2D eigenvalue weighted by Gasteiger charge is -2.09. The number of nitrogens with zero attached hydrogens (tertiary/aromatic N) is 2. The summed E-state index contributed by atoms with van der Waals surface area (Å²) in [5.74, 6) is 0.101. The molecule has 1 rings (SSSR count). The van der Waals surface area contributed by atoms with Crippen LogP contribution in [0.4, 0.5) is 19.9 Å². The molecule has 1 aromatic heterocycles. The molecule has 1 heterocycles. The molecule has 0 radical (unpaired) electrons. The Morgan fingerprint density at radius 3 is 2.67 bits per heavy atom. The van der Waals surface area contributed by atoms with Crippen LogP contribution in [0.2, 0.25) is 0 Å². The van der Waals surface area contributed by atoms with Crippen LogP contribution in [0.1, 0.15) is 6.92 Å². The summed E-state index contributed by atoms with van der Waals surface area (Å²) in [6.45, 7) is 1.36. The fourth-order valence-corrected chi connectivity index (χ4v) is 1.15. The van der Waals surface area contributed by atoms with Gasteiger partial charge >= 0.3 is 0 Å². The lowest BCUT2D eigenvalue weighted by atomic mass is 10.4. The van der Waals surface area contributed by atoms with E-state index in [9.17, 15) is 8.78 Å². The van der Waals surface area contributed by atoms with Crippen LogP contribution in [0.3, 0.4) is 0 Å². The van der Waals surface area contributed by atoms with E-state index in [4.69, 9.17) is 5.73 Å². The van der Waals surface area contributed by atoms with E-state index in [0.717, 1.165) is 11.5 Å². The first-order valence-electron chi connectivity index (χ1n) is 3.23. The van der Waals surface area contributed by atoms with Crippen LogP contribution < -0.4 is 11.1 Å². The van der Waals surface area contributed by atoms with Gasteiger partial charge in [0.1, 0.15) is 0 Å². The van der Waals surface area contributed by atoms with E-state index in [1.807, 2.05) is 0 Å². The number of rotatable bonds is 3. The second kappa shape index (κ2) is 3.61. The number of anilines is 2. The molecule has 0 saturated carbocycles. The molecule has 0 fully saturated rings. The second-order valence-corrected chi connectivity index (χ2v) is 2.98. The van der Waals surface area contributed by atoms with Crippen molar-refractivity contribution in [2.24, 2.45) is 0 Å². The molecular formula is C5H8F2N4S. The summed E-state index contributed by atoms with van der Waals surface area (Å²) in [7, 11) is 0. The SMILES string of the molecule is CC(Nc1nc(N)ns1)C(F)F. The minimum atomic E-state index is -2.42. The summed E-state index contributed by atoms with van der Waals surface area (Å²) in [6.07, 6.45) is -2.42. The number of aromatic nitrogens is 2. The highest BCUT2D eigenvalue weighted by Gasteiger charge is 2.15. The molecule has 7 heteroatoms. The molecule has 0 bridgehead atoms. The zero-order chi connectivity index (χ0) is 9.14. The van der Waals surface area contributed by atoms with Gasteiger partial charge in [-0.3, -0.25) is 0 Å². The third-order valence-corrected chi connectivity index (χ3v) is 1.83. The predicted octanol–water partition coefficient (Wildman–Crippen LogP) is 1.19. The number of alkyl halides is 2. The Labute approximate surface area is 72.0 Å². The van der Waals surface area contributed by atoms with Crippen molar-refractivity contribution in [3.63, 3.8) is 0 Å². The van der Waals surface area contributed by atoms with Crippen molar-refractivity contribution in [2.45, 2.75) is 19.4 Å². The maximum Gasteiger partial charge on any atom is 0.258 e. The van der Waals surface area contributed by atoms with E-state index in [-0.39, 0.29) is 5.95 Å². The van der Waals surface area contributed by atoms with Crippen molar-refractivity contribution < 1.29 is 8.78 Å². The average Bonchev–Trinajstić information content (AvgIpc) is 2.35. The monoisotopic (exact) mass is 194 g/mol. The van der Waals surface area contributed by atoms with E-state index >= 15 is 0 Å². The fraction of sp³-hybridized carbons (Fsp3) is 0.600. The number of hydrogen-bond acceptors (Lipinski definition) is 5. The van der Waals surface area contributed by atoms with Crippen molar-refractivity contribution >= 4 is 22.6 Å². The Bertz CT molecular complexity index is 251. The number of nitrogen functional groups attached to an aromatic ring is 1. The van der Waals surface area contributed by atoms with Gasteiger partial charge in [0, 0.05) is 11.5 Å². The second-order valence-electron chi connectivity index (χ2n) is 2.23. The van der Waals surface area contributed by atoms with Crippen LogP contribution in [-0.4, -0.2) is 21.8 Å². The molecule has 0 aliphatic heterocycles. The lowest BCUT2D eigenvalue weighted by molar-refractivity contribution is 0.130. The van der Waals surface area contributed by atoms with E-state index in [1.54, 1.807) is 0 Å². The van der Waals surface area contributed by atoms with Crippen molar-refractivity contribution in [3.05, 3.63) is 0 Å². The summed E-state index contributed by atoms with van der Waals surface area (Å²) in [5, 5.41) is 2.80. The third-order valence-electron chi connectivity index (χ3n) is 1.17. The standard InChI is InChI=1S/C5H8F2N4S/c1-2(3(6)7)9-5-10-4(8)11-12-5/h2-3H,1H3,(H3,8,9,10,11). The van der Waals surface area contributed by atoms with Gasteiger partial charge < -0.3 is 11.1 Å². The topological polar surface area (TPSA) is 63.8 Å². The minimum Gasteiger partial charge on any atom is -0.367 e.